The number of hydrogen-bond acceptors (Lipinski definition) is 2. The number of hydrogen-bond donors (Lipinski definition) is 0. The third-order valence-corrected chi connectivity index (χ3v) is 3.08. The Bertz CT molecular complexity index is 299. The lowest BCUT2D eigenvalue weighted by molar-refractivity contribution is 0.369. The summed E-state index contributed by atoms with van der Waals surface area (Å²) in [6.07, 6.45) is 3.81. The number of nitrogens with zero attached hydrogens (tertiary/aromatic N) is 3. The molecule has 5 heteroatoms. The van der Waals surface area contributed by atoms with Crippen LogP contribution in [0.3, 0.4) is 0 Å². The molecule has 1 aromatic rings. The highest BCUT2D eigenvalue weighted by atomic mass is 79.9. The van der Waals surface area contributed by atoms with E-state index in [4.69, 9.17) is 11.6 Å². The number of halogens is 2. The van der Waals surface area contributed by atoms with E-state index in [1.165, 1.54) is 0 Å². The summed E-state index contributed by atoms with van der Waals surface area (Å²) in [6, 6.07) is 0. The first-order valence-corrected chi connectivity index (χ1v) is 6.56. The average Bonchev–Trinajstić information content (AvgIpc) is 2.53. The van der Waals surface area contributed by atoms with Crippen molar-refractivity contribution in [1.29, 1.82) is 0 Å². The molecule has 1 rings (SSSR count). The third kappa shape index (κ3) is 4.13. The predicted octanol–water partition coefficient (Wildman–Crippen LogP) is 2.43. The van der Waals surface area contributed by atoms with Crippen LogP contribution < -0.4 is 0 Å². The van der Waals surface area contributed by atoms with Crippen LogP contribution >= 0.6 is 27.5 Å². The van der Waals surface area contributed by atoms with Crippen molar-refractivity contribution in [1.82, 2.24) is 14.7 Å². The van der Waals surface area contributed by atoms with Crippen LogP contribution in [0.5, 0.6) is 0 Å². The normalized spacial score (nSPS) is 11.3. The topological polar surface area (TPSA) is 21.1 Å². The van der Waals surface area contributed by atoms with Gasteiger partial charge in [-0.15, -0.1) is 0 Å². The highest BCUT2D eigenvalue weighted by Gasteiger charge is 2.08. The average molecular weight is 295 g/mol. The van der Waals surface area contributed by atoms with Gasteiger partial charge in [-0.2, -0.15) is 5.10 Å². The minimum atomic E-state index is 0.787. The summed E-state index contributed by atoms with van der Waals surface area (Å²) in [6.45, 7) is 1.89. The lowest BCUT2D eigenvalue weighted by atomic mass is 10.2. The SMILES string of the molecule is CN(C)CCn1ncc(Cl)c1CCCBr. The Morgan fingerprint density at radius 3 is 2.87 bits per heavy atom. The molecular formula is C10H17BrClN3. The molecule has 15 heavy (non-hydrogen) atoms. The van der Waals surface area contributed by atoms with E-state index < -0.39 is 0 Å². The van der Waals surface area contributed by atoms with Gasteiger partial charge in [0.2, 0.25) is 0 Å². The number of alkyl halides is 1. The molecule has 0 amide bonds. The van der Waals surface area contributed by atoms with Crippen molar-refractivity contribution < 1.29 is 0 Å². The zero-order valence-corrected chi connectivity index (χ0v) is 11.6. The molecular weight excluding hydrogens is 277 g/mol. The van der Waals surface area contributed by atoms with Crippen LogP contribution in [0.4, 0.5) is 0 Å². The van der Waals surface area contributed by atoms with Gasteiger partial charge in [-0.1, -0.05) is 27.5 Å². The molecule has 0 aliphatic carbocycles. The maximum atomic E-state index is 6.08. The second kappa shape index (κ2) is 6.51. The Hall–Kier alpha value is -0.0600. The van der Waals surface area contributed by atoms with Gasteiger partial charge in [0.15, 0.2) is 0 Å². The van der Waals surface area contributed by atoms with Crippen molar-refractivity contribution >= 4 is 27.5 Å². The highest BCUT2D eigenvalue weighted by Crippen LogP contribution is 2.17. The van der Waals surface area contributed by atoms with Gasteiger partial charge < -0.3 is 4.90 Å². The van der Waals surface area contributed by atoms with Crippen molar-refractivity contribution in [2.24, 2.45) is 0 Å². The molecule has 0 saturated heterocycles. The van der Waals surface area contributed by atoms with E-state index in [1.807, 2.05) is 4.68 Å². The second-order valence-electron chi connectivity index (χ2n) is 3.76. The molecule has 0 N–H and O–H groups in total. The van der Waals surface area contributed by atoms with Crippen molar-refractivity contribution in [2.75, 3.05) is 26.0 Å². The Balaban J connectivity index is 2.61. The molecule has 0 aliphatic heterocycles. The smallest absolute Gasteiger partial charge is 0.0817 e. The van der Waals surface area contributed by atoms with Gasteiger partial charge in [0.25, 0.3) is 0 Å². The first kappa shape index (κ1) is 13.0. The number of rotatable bonds is 6. The zero-order valence-electron chi connectivity index (χ0n) is 9.21. The van der Waals surface area contributed by atoms with Crippen LogP contribution in [-0.2, 0) is 13.0 Å². The number of likely N-dealkylation sites (N-methyl/N-ethyl adjacent to an activating group) is 1. The maximum Gasteiger partial charge on any atom is 0.0817 e. The van der Waals surface area contributed by atoms with Crippen molar-refractivity contribution in [3.05, 3.63) is 16.9 Å². The van der Waals surface area contributed by atoms with E-state index in [1.54, 1.807) is 6.20 Å². The van der Waals surface area contributed by atoms with Gasteiger partial charge in [0.05, 0.1) is 23.5 Å². The standard InChI is InChI=1S/C10H17BrClN3/c1-14(2)6-7-15-10(4-3-5-11)9(12)8-13-15/h8H,3-7H2,1-2H3. The summed E-state index contributed by atoms with van der Waals surface area (Å²) in [5.74, 6) is 0. The van der Waals surface area contributed by atoms with Crippen LogP contribution in [0.15, 0.2) is 6.20 Å². The van der Waals surface area contributed by atoms with E-state index in [9.17, 15) is 0 Å². The first-order chi connectivity index (χ1) is 7.15. The van der Waals surface area contributed by atoms with E-state index in [0.717, 1.165) is 42.0 Å². The summed E-state index contributed by atoms with van der Waals surface area (Å²) in [7, 11) is 4.12. The van der Waals surface area contributed by atoms with E-state index in [0.29, 0.717) is 0 Å². The molecule has 0 bridgehead atoms. The van der Waals surface area contributed by atoms with Crippen molar-refractivity contribution in [2.45, 2.75) is 19.4 Å². The molecule has 1 aromatic heterocycles. The minimum Gasteiger partial charge on any atom is -0.308 e. The Labute approximate surface area is 105 Å². The molecule has 0 aromatic carbocycles. The van der Waals surface area contributed by atoms with Crippen LogP contribution in [-0.4, -0.2) is 40.7 Å². The molecule has 0 unspecified atom stereocenters. The van der Waals surface area contributed by atoms with Gasteiger partial charge in [0, 0.05) is 11.9 Å². The quantitative estimate of drug-likeness (QED) is 0.751. The molecule has 0 spiro atoms. The molecule has 1 heterocycles. The molecule has 0 radical (unpaired) electrons. The third-order valence-electron chi connectivity index (χ3n) is 2.20. The maximum absolute atomic E-state index is 6.08. The summed E-state index contributed by atoms with van der Waals surface area (Å²) >= 11 is 9.51. The Morgan fingerprint density at radius 2 is 2.27 bits per heavy atom. The second-order valence-corrected chi connectivity index (χ2v) is 4.96. The lowest BCUT2D eigenvalue weighted by Gasteiger charge is -2.11. The van der Waals surface area contributed by atoms with E-state index in [-0.39, 0.29) is 0 Å². The Kier molecular flexibility index (Phi) is 5.64. The van der Waals surface area contributed by atoms with E-state index in [2.05, 4.69) is 40.0 Å². The first-order valence-electron chi connectivity index (χ1n) is 5.06. The summed E-state index contributed by atoms with van der Waals surface area (Å²) in [5.41, 5.74) is 1.15. The van der Waals surface area contributed by atoms with Crippen LogP contribution in [0.2, 0.25) is 5.02 Å². The summed E-state index contributed by atoms with van der Waals surface area (Å²) in [5, 5.41) is 6.07. The van der Waals surface area contributed by atoms with Gasteiger partial charge >= 0.3 is 0 Å². The van der Waals surface area contributed by atoms with Crippen LogP contribution in [0.1, 0.15) is 12.1 Å². The Morgan fingerprint density at radius 1 is 1.53 bits per heavy atom. The fourth-order valence-electron chi connectivity index (χ4n) is 1.36. The fraction of sp³-hybridized carbons (Fsp3) is 0.700. The summed E-state index contributed by atoms with van der Waals surface area (Å²) < 4.78 is 2.00. The van der Waals surface area contributed by atoms with Gasteiger partial charge in [-0.05, 0) is 26.9 Å². The monoisotopic (exact) mass is 293 g/mol. The van der Waals surface area contributed by atoms with Gasteiger partial charge in [-0.3, -0.25) is 4.68 Å². The fourth-order valence-corrected chi connectivity index (χ4v) is 1.87. The van der Waals surface area contributed by atoms with Crippen molar-refractivity contribution in [3.63, 3.8) is 0 Å². The molecule has 3 nitrogen and oxygen atoms in total. The van der Waals surface area contributed by atoms with Gasteiger partial charge in [-0.25, -0.2) is 0 Å². The predicted molar refractivity (Wildman–Crippen MR) is 67.9 cm³/mol. The summed E-state index contributed by atoms with van der Waals surface area (Å²) in [4.78, 5) is 2.14. The zero-order chi connectivity index (χ0) is 11.3. The largest absolute Gasteiger partial charge is 0.308 e. The minimum absolute atomic E-state index is 0.787. The number of aromatic nitrogens is 2. The van der Waals surface area contributed by atoms with E-state index >= 15 is 0 Å². The molecule has 86 valence electrons. The van der Waals surface area contributed by atoms with Crippen LogP contribution in [0.25, 0.3) is 0 Å². The van der Waals surface area contributed by atoms with Crippen molar-refractivity contribution in [3.8, 4) is 0 Å². The molecule has 0 atom stereocenters. The molecule has 0 fully saturated rings. The molecule has 0 aliphatic rings. The molecule has 0 saturated carbocycles. The van der Waals surface area contributed by atoms with Gasteiger partial charge in [0.1, 0.15) is 0 Å². The van der Waals surface area contributed by atoms with Crippen LogP contribution in [0, 0.1) is 0 Å². The highest BCUT2D eigenvalue weighted by molar-refractivity contribution is 9.09. The lowest BCUT2D eigenvalue weighted by Crippen LogP contribution is -2.20.